The third-order valence-corrected chi connectivity index (χ3v) is 8.90. The van der Waals surface area contributed by atoms with Gasteiger partial charge in [0.05, 0.1) is 11.2 Å². The maximum atomic E-state index is 5.78. The standard InChI is InChI=1S/C28H24N4.C13H10O.2C4H8.C2H6/c1-4-11-24-20(3)23-18-19(2)16-17-25(23)32(24)28-30-26(21-12-7-5-8-13-21)29-27(31-28)22-14-9-6-10-15-22;1-9-5-4-7-11-10-6-2-3-8-12(10)14-13(9)11;2*1-3-4-2;1-2/h4-18H,1-3H3;2-8H,1H3;2*3-4H,1-2H3;1-2H3/b11-4-;;2*4-3-;. The third-order valence-electron chi connectivity index (χ3n) is 8.90. The number of nitrogens with zero attached hydrogens (tertiary/aromatic N) is 4. The van der Waals surface area contributed by atoms with Gasteiger partial charge in [-0.3, -0.25) is 4.57 Å². The van der Waals surface area contributed by atoms with E-state index in [1.165, 1.54) is 32.8 Å². The summed E-state index contributed by atoms with van der Waals surface area (Å²) in [5.41, 5.74) is 9.71. The van der Waals surface area contributed by atoms with Crippen LogP contribution in [0.25, 0.3) is 67.6 Å². The molecule has 5 heteroatoms. The van der Waals surface area contributed by atoms with Crippen molar-refractivity contribution in [3.05, 3.63) is 174 Å². The zero-order valence-corrected chi connectivity index (χ0v) is 34.7. The molecule has 3 heterocycles. The quantitative estimate of drug-likeness (QED) is 0.169. The number of aryl methyl sites for hydroxylation is 3. The molecule has 0 atom stereocenters. The van der Waals surface area contributed by atoms with Crippen molar-refractivity contribution in [1.29, 1.82) is 0 Å². The number of para-hydroxylation sites is 2. The van der Waals surface area contributed by atoms with Crippen LogP contribution < -0.4 is 0 Å². The van der Waals surface area contributed by atoms with Crippen molar-refractivity contribution in [1.82, 2.24) is 19.5 Å². The molecule has 0 saturated heterocycles. The van der Waals surface area contributed by atoms with Crippen molar-refractivity contribution in [2.75, 3.05) is 0 Å². The Bertz CT molecular complexity index is 2440. The lowest BCUT2D eigenvalue weighted by Gasteiger charge is -2.11. The average molecular weight is 741 g/mol. The molecular weight excluding hydrogens is 685 g/mol. The van der Waals surface area contributed by atoms with Gasteiger partial charge in [0.1, 0.15) is 11.2 Å². The van der Waals surface area contributed by atoms with E-state index in [0.29, 0.717) is 17.6 Å². The lowest BCUT2D eigenvalue weighted by atomic mass is 10.1. The zero-order chi connectivity index (χ0) is 40.5. The molecule has 0 amide bonds. The molecule has 0 aliphatic heterocycles. The van der Waals surface area contributed by atoms with E-state index >= 15 is 0 Å². The van der Waals surface area contributed by atoms with Gasteiger partial charge in [-0.1, -0.05) is 153 Å². The maximum Gasteiger partial charge on any atom is 0.238 e. The number of furan rings is 1. The summed E-state index contributed by atoms with van der Waals surface area (Å²) in [5.74, 6) is 1.94. The molecule has 0 bridgehead atoms. The summed E-state index contributed by atoms with van der Waals surface area (Å²) in [6.45, 7) is 20.4. The van der Waals surface area contributed by atoms with Gasteiger partial charge in [-0.15, -0.1) is 0 Å². The minimum Gasteiger partial charge on any atom is -0.456 e. The van der Waals surface area contributed by atoms with E-state index in [2.05, 4.69) is 80.0 Å². The Labute approximate surface area is 333 Å². The number of allylic oxidation sites excluding steroid dienone is 5. The van der Waals surface area contributed by atoms with Crippen LogP contribution in [0.5, 0.6) is 0 Å². The second-order valence-electron chi connectivity index (χ2n) is 12.8. The molecule has 8 rings (SSSR count). The van der Waals surface area contributed by atoms with E-state index < -0.39 is 0 Å². The molecule has 5 aromatic carbocycles. The van der Waals surface area contributed by atoms with Crippen LogP contribution in [0.2, 0.25) is 0 Å². The molecule has 0 radical (unpaired) electrons. The minimum absolute atomic E-state index is 0.618. The van der Waals surface area contributed by atoms with E-state index in [1.807, 2.05) is 152 Å². The Morgan fingerprint density at radius 2 is 1.05 bits per heavy atom. The molecule has 286 valence electrons. The van der Waals surface area contributed by atoms with E-state index in [0.717, 1.165) is 33.5 Å². The summed E-state index contributed by atoms with van der Waals surface area (Å²) in [4.78, 5) is 14.7. The molecule has 8 aromatic rings. The summed E-state index contributed by atoms with van der Waals surface area (Å²) in [7, 11) is 0. The average Bonchev–Trinajstić information content (AvgIpc) is 3.77. The van der Waals surface area contributed by atoms with Gasteiger partial charge in [0, 0.05) is 27.3 Å². The molecule has 0 aliphatic rings. The topological polar surface area (TPSA) is 56.7 Å². The second kappa shape index (κ2) is 21.5. The highest BCUT2D eigenvalue weighted by atomic mass is 16.3. The molecular formula is C51H56N4O. The number of aromatic nitrogens is 4. The Balaban J connectivity index is 0.000000238. The van der Waals surface area contributed by atoms with Crippen molar-refractivity contribution in [3.63, 3.8) is 0 Å². The van der Waals surface area contributed by atoms with Gasteiger partial charge in [0.2, 0.25) is 5.95 Å². The summed E-state index contributed by atoms with van der Waals surface area (Å²) in [6.07, 6.45) is 12.2. The lowest BCUT2D eigenvalue weighted by molar-refractivity contribution is 0.666. The summed E-state index contributed by atoms with van der Waals surface area (Å²) in [6, 6.07) is 41.0. The first-order chi connectivity index (χ1) is 27.3. The highest BCUT2D eigenvalue weighted by Crippen LogP contribution is 2.32. The van der Waals surface area contributed by atoms with Crippen molar-refractivity contribution in [2.24, 2.45) is 0 Å². The molecule has 0 saturated carbocycles. The number of fused-ring (bicyclic) bond motifs is 4. The first-order valence-corrected chi connectivity index (χ1v) is 19.5. The van der Waals surface area contributed by atoms with Gasteiger partial charge < -0.3 is 4.42 Å². The number of benzene rings is 5. The van der Waals surface area contributed by atoms with Crippen LogP contribution in [0.1, 0.15) is 70.9 Å². The molecule has 56 heavy (non-hydrogen) atoms. The van der Waals surface area contributed by atoms with Crippen LogP contribution in [-0.2, 0) is 0 Å². The van der Waals surface area contributed by atoms with E-state index in [-0.39, 0.29) is 0 Å². The van der Waals surface area contributed by atoms with Crippen LogP contribution in [-0.4, -0.2) is 19.5 Å². The number of hydrogen-bond donors (Lipinski definition) is 0. The van der Waals surface area contributed by atoms with E-state index in [9.17, 15) is 0 Å². The van der Waals surface area contributed by atoms with E-state index in [1.54, 1.807) is 0 Å². The van der Waals surface area contributed by atoms with Crippen LogP contribution in [0.3, 0.4) is 0 Å². The third kappa shape index (κ3) is 10.2. The molecule has 5 nitrogen and oxygen atoms in total. The predicted octanol–water partition coefficient (Wildman–Crippen LogP) is 14.9. The summed E-state index contributed by atoms with van der Waals surface area (Å²) < 4.78 is 7.93. The maximum absolute atomic E-state index is 5.78. The molecule has 0 spiro atoms. The summed E-state index contributed by atoms with van der Waals surface area (Å²) >= 11 is 0. The molecule has 0 aliphatic carbocycles. The molecule has 0 fully saturated rings. The normalized spacial score (nSPS) is 10.8. The van der Waals surface area contributed by atoms with Crippen LogP contribution in [0.15, 0.2) is 156 Å². The van der Waals surface area contributed by atoms with Crippen molar-refractivity contribution in [2.45, 2.75) is 69.2 Å². The Kier molecular flexibility index (Phi) is 16.3. The Morgan fingerprint density at radius 1 is 0.518 bits per heavy atom. The van der Waals surface area contributed by atoms with Gasteiger partial charge in [-0.2, -0.15) is 9.97 Å². The molecule has 0 N–H and O–H groups in total. The highest BCUT2D eigenvalue weighted by molar-refractivity contribution is 6.05. The molecule has 0 unspecified atom stereocenters. The van der Waals surface area contributed by atoms with Crippen LogP contribution >= 0.6 is 0 Å². The predicted molar refractivity (Wildman–Crippen MR) is 242 cm³/mol. The fraction of sp³-hybridized carbons (Fsp3) is 0.196. The smallest absolute Gasteiger partial charge is 0.238 e. The van der Waals surface area contributed by atoms with Gasteiger partial charge in [-0.25, -0.2) is 4.98 Å². The van der Waals surface area contributed by atoms with Crippen LogP contribution in [0.4, 0.5) is 0 Å². The second-order valence-corrected chi connectivity index (χ2v) is 12.8. The zero-order valence-electron chi connectivity index (χ0n) is 34.7. The minimum atomic E-state index is 0.618. The van der Waals surface area contributed by atoms with Crippen molar-refractivity contribution >= 4 is 38.9 Å². The summed E-state index contributed by atoms with van der Waals surface area (Å²) in [5, 5.41) is 3.62. The number of rotatable bonds is 4. The first kappa shape index (κ1) is 42.4. The van der Waals surface area contributed by atoms with Gasteiger partial charge in [0.25, 0.3) is 0 Å². The Hall–Kier alpha value is -6.33. The Morgan fingerprint density at radius 3 is 1.61 bits per heavy atom. The van der Waals surface area contributed by atoms with Crippen molar-refractivity contribution < 1.29 is 4.42 Å². The largest absolute Gasteiger partial charge is 0.456 e. The van der Waals surface area contributed by atoms with E-state index in [4.69, 9.17) is 19.4 Å². The monoisotopic (exact) mass is 740 g/mol. The lowest BCUT2D eigenvalue weighted by Crippen LogP contribution is -2.07. The van der Waals surface area contributed by atoms with Crippen molar-refractivity contribution in [3.8, 4) is 28.7 Å². The van der Waals surface area contributed by atoms with Gasteiger partial charge in [0.15, 0.2) is 11.6 Å². The highest BCUT2D eigenvalue weighted by Gasteiger charge is 2.19. The van der Waals surface area contributed by atoms with Crippen LogP contribution in [0, 0.1) is 20.8 Å². The van der Waals surface area contributed by atoms with Gasteiger partial charge in [-0.05, 0) is 90.8 Å². The fourth-order valence-electron chi connectivity index (χ4n) is 5.94. The van der Waals surface area contributed by atoms with Gasteiger partial charge >= 0.3 is 0 Å². The number of hydrogen-bond acceptors (Lipinski definition) is 4. The SMILES string of the molecule is C/C=C\C.C/C=C\C.C/C=C\c1c(C)c2cc(C)ccc2n1-c1nc(-c2ccccc2)nc(-c2ccccc2)n1.CC.Cc1cccc2c1oc1ccccc12. The molecule has 3 aromatic heterocycles. The first-order valence-electron chi connectivity index (χ1n) is 19.5. The fourth-order valence-corrected chi connectivity index (χ4v) is 5.94.